The van der Waals surface area contributed by atoms with E-state index in [1.165, 1.54) is 6.07 Å². The molecule has 0 amide bonds. The number of aryl methyl sites for hydroxylation is 4. The van der Waals surface area contributed by atoms with Crippen LogP contribution in [0.2, 0.25) is 0 Å². The normalized spacial score (nSPS) is 10.6. The van der Waals surface area contributed by atoms with Gasteiger partial charge in [0.05, 0.1) is 16.6 Å². The van der Waals surface area contributed by atoms with Crippen LogP contribution in [0.1, 0.15) is 43.3 Å². The summed E-state index contributed by atoms with van der Waals surface area (Å²) in [6, 6.07) is 6.90. The second-order valence-electron chi connectivity index (χ2n) is 6.03. The number of fused-ring (bicyclic) bond motifs is 1. The van der Waals surface area contributed by atoms with Crippen molar-refractivity contribution in [2.45, 2.75) is 48.0 Å². The lowest BCUT2D eigenvalue weighted by atomic mass is 10.1. The first kappa shape index (κ1) is 20.3. The molecule has 0 aliphatic rings. The van der Waals surface area contributed by atoms with Gasteiger partial charge in [0, 0.05) is 17.0 Å². The maximum absolute atomic E-state index is 13.8. The summed E-state index contributed by atoms with van der Waals surface area (Å²) in [7, 11) is 0. The summed E-state index contributed by atoms with van der Waals surface area (Å²) in [5.74, 6) is 0.283. The van der Waals surface area contributed by atoms with E-state index in [1.54, 1.807) is 17.6 Å². The Hall–Kier alpha value is -2.01. The molecule has 0 fully saturated rings. The van der Waals surface area contributed by atoms with Gasteiger partial charge in [-0.05, 0) is 55.7 Å². The van der Waals surface area contributed by atoms with Crippen LogP contribution < -0.4 is 5.56 Å². The smallest absolute Gasteiger partial charge is 0.265 e. The lowest BCUT2D eigenvalue weighted by Crippen LogP contribution is -2.24. The first-order chi connectivity index (χ1) is 12.3. The molecule has 0 spiro atoms. The first-order valence-corrected chi connectivity index (χ1v) is 9.61. The molecule has 1 aromatic heterocycles. The lowest BCUT2D eigenvalue weighted by molar-refractivity contribution is 0.620. The van der Waals surface area contributed by atoms with E-state index in [9.17, 15) is 9.18 Å². The zero-order chi connectivity index (χ0) is 19.6. The third-order valence-corrected chi connectivity index (χ3v) is 5.11. The minimum atomic E-state index is -0.343. The van der Waals surface area contributed by atoms with Gasteiger partial charge in [0.2, 0.25) is 0 Å². The van der Waals surface area contributed by atoms with E-state index in [-0.39, 0.29) is 11.4 Å². The molecular formula is C21H24BrFN2O. The molecule has 26 heavy (non-hydrogen) atoms. The van der Waals surface area contributed by atoms with Gasteiger partial charge in [0.1, 0.15) is 11.6 Å². The van der Waals surface area contributed by atoms with Crippen molar-refractivity contribution in [1.82, 2.24) is 9.55 Å². The second kappa shape index (κ2) is 8.12. The molecule has 0 aliphatic carbocycles. The third kappa shape index (κ3) is 3.58. The van der Waals surface area contributed by atoms with Gasteiger partial charge in [-0.3, -0.25) is 9.36 Å². The average Bonchev–Trinajstić information content (AvgIpc) is 2.62. The maximum atomic E-state index is 13.8. The first-order valence-electron chi connectivity index (χ1n) is 8.82. The molecule has 2 aromatic carbocycles. The topological polar surface area (TPSA) is 34.9 Å². The predicted octanol–water partition coefficient (Wildman–Crippen LogP) is 5.80. The van der Waals surface area contributed by atoms with Gasteiger partial charge in [-0.15, -0.1) is 0 Å². The largest absolute Gasteiger partial charge is 0.268 e. The van der Waals surface area contributed by atoms with Gasteiger partial charge >= 0.3 is 0 Å². The van der Waals surface area contributed by atoms with Gasteiger partial charge in [-0.25, -0.2) is 9.37 Å². The molecule has 3 aromatic rings. The fourth-order valence-corrected chi connectivity index (χ4v) is 3.31. The molecule has 5 heteroatoms. The third-order valence-electron chi connectivity index (χ3n) is 4.25. The molecule has 1 heterocycles. The molecule has 0 unspecified atom stereocenters. The summed E-state index contributed by atoms with van der Waals surface area (Å²) in [5, 5.41) is 0.436. The summed E-state index contributed by atoms with van der Waals surface area (Å²) in [6.45, 7) is 11.5. The van der Waals surface area contributed by atoms with E-state index in [1.807, 2.05) is 46.8 Å². The highest BCUT2D eigenvalue weighted by molar-refractivity contribution is 9.10. The second-order valence-corrected chi connectivity index (χ2v) is 6.88. The van der Waals surface area contributed by atoms with Crippen molar-refractivity contribution in [1.29, 1.82) is 0 Å². The van der Waals surface area contributed by atoms with Crippen LogP contribution in [-0.2, 0) is 6.42 Å². The fourth-order valence-electron chi connectivity index (χ4n) is 2.85. The molecule has 0 aliphatic heterocycles. The van der Waals surface area contributed by atoms with Crippen LogP contribution in [0, 0.1) is 26.6 Å². The summed E-state index contributed by atoms with van der Waals surface area (Å²) >= 11 is 3.52. The Kier molecular flexibility index (Phi) is 6.34. The molecular weight excluding hydrogens is 395 g/mol. The van der Waals surface area contributed by atoms with Crippen LogP contribution in [0.3, 0.4) is 0 Å². The highest BCUT2D eigenvalue weighted by atomic mass is 79.9. The Bertz CT molecular complexity index is 1020. The van der Waals surface area contributed by atoms with Gasteiger partial charge in [-0.1, -0.05) is 36.7 Å². The van der Waals surface area contributed by atoms with Crippen LogP contribution in [0.5, 0.6) is 0 Å². The minimum absolute atomic E-state index is 0.162. The van der Waals surface area contributed by atoms with E-state index in [0.29, 0.717) is 28.7 Å². The molecule has 3 nitrogen and oxygen atoms in total. The fraction of sp³-hybridized carbons (Fsp3) is 0.333. The van der Waals surface area contributed by atoms with E-state index >= 15 is 0 Å². The van der Waals surface area contributed by atoms with Crippen molar-refractivity contribution in [2.24, 2.45) is 0 Å². The van der Waals surface area contributed by atoms with Crippen LogP contribution in [0.4, 0.5) is 4.39 Å². The highest BCUT2D eigenvalue weighted by Crippen LogP contribution is 2.25. The number of hydrogen-bond donors (Lipinski definition) is 0. The quantitative estimate of drug-likeness (QED) is 0.526. The molecule has 0 N–H and O–H groups in total. The summed E-state index contributed by atoms with van der Waals surface area (Å²) < 4.78 is 16.5. The van der Waals surface area contributed by atoms with E-state index in [4.69, 9.17) is 0 Å². The average molecular weight is 419 g/mol. The summed E-state index contributed by atoms with van der Waals surface area (Å²) in [4.78, 5) is 17.6. The standard InChI is InChI=1S/C19H18BrFN2O.C2H6/c1-5-18-22-16-9-15(21)11(3)6-13(16)19(24)23(18)17-8-10(2)14(20)7-12(17)4;1-2/h6-9H,5H2,1-4H3;1-2H3. The number of rotatable bonds is 2. The minimum Gasteiger partial charge on any atom is -0.268 e. The van der Waals surface area contributed by atoms with Crippen LogP contribution in [0.25, 0.3) is 16.6 Å². The van der Waals surface area contributed by atoms with Gasteiger partial charge in [0.25, 0.3) is 5.56 Å². The van der Waals surface area contributed by atoms with Crippen molar-refractivity contribution < 1.29 is 4.39 Å². The van der Waals surface area contributed by atoms with Crippen molar-refractivity contribution in [2.75, 3.05) is 0 Å². The Balaban J connectivity index is 0.00000117. The Morgan fingerprint density at radius 2 is 1.69 bits per heavy atom. The molecule has 3 rings (SSSR count). The SMILES string of the molecule is CC.CCc1nc2cc(F)c(C)cc2c(=O)n1-c1cc(C)c(Br)cc1C. The molecule has 0 radical (unpaired) electrons. The van der Waals surface area contributed by atoms with Gasteiger partial charge < -0.3 is 0 Å². The molecule has 0 saturated heterocycles. The van der Waals surface area contributed by atoms with Crippen molar-refractivity contribution >= 4 is 26.8 Å². The lowest BCUT2D eigenvalue weighted by Gasteiger charge is -2.16. The molecule has 0 atom stereocenters. The van der Waals surface area contributed by atoms with Crippen LogP contribution in [0.15, 0.2) is 33.5 Å². The predicted molar refractivity (Wildman–Crippen MR) is 110 cm³/mol. The monoisotopic (exact) mass is 418 g/mol. The van der Waals surface area contributed by atoms with Crippen molar-refractivity contribution in [3.05, 3.63) is 67.4 Å². The zero-order valence-electron chi connectivity index (χ0n) is 16.1. The number of benzene rings is 2. The van der Waals surface area contributed by atoms with Crippen LogP contribution in [-0.4, -0.2) is 9.55 Å². The number of hydrogen-bond acceptors (Lipinski definition) is 2. The highest BCUT2D eigenvalue weighted by Gasteiger charge is 2.15. The van der Waals surface area contributed by atoms with E-state index in [2.05, 4.69) is 20.9 Å². The maximum Gasteiger partial charge on any atom is 0.265 e. The van der Waals surface area contributed by atoms with Crippen molar-refractivity contribution in [3.63, 3.8) is 0 Å². The van der Waals surface area contributed by atoms with Gasteiger partial charge in [-0.2, -0.15) is 0 Å². The number of aromatic nitrogens is 2. The Morgan fingerprint density at radius 3 is 2.31 bits per heavy atom. The van der Waals surface area contributed by atoms with E-state index in [0.717, 1.165) is 21.3 Å². The molecule has 0 saturated carbocycles. The van der Waals surface area contributed by atoms with Crippen LogP contribution >= 0.6 is 15.9 Å². The zero-order valence-corrected chi connectivity index (χ0v) is 17.7. The van der Waals surface area contributed by atoms with Gasteiger partial charge in [0.15, 0.2) is 0 Å². The van der Waals surface area contributed by atoms with Crippen molar-refractivity contribution in [3.8, 4) is 5.69 Å². The summed E-state index contributed by atoms with van der Waals surface area (Å²) in [6.07, 6.45) is 0.579. The Labute approximate surface area is 162 Å². The Morgan fingerprint density at radius 1 is 1.04 bits per heavy atom. The molecule has 138 valence electrons. The number of halogens is 2. The number of nitrogens with zero attached hydrogens (tertiary/aromatic N) is 2. The summed E-state index contributed by atoms with van der Waals surface area (Å²) in [5.41, 5.74) is 3.52. The van der Waals surface area contributed by atoms with E-state index < -0.39 is 0 Å². The molecule has 0 bridgehead atoms.